The van der Waals surface area contributed by atoms with E-state index in [1.165, 1.54) is 12.3 Å². The van der Waals surface area contributed by atoms with E-state index in [9.17, 15) is 14.9 Å². The summed E-state index contributed by atoms with van der Waals surface area (Å²) >= 11 is 6.26. The smallest absolute Gasteiger partial charge is 0.287 e. The molecule has 5 rings (SSSR count). The van der Waals surface area contributed by atoms with Gasteiger partial charge in [0, 0.05) is 29.6 Å². The number of hydrogen-bond acceptors (Lipinski definition) is 7. The number of anilines is 2. The second kappa shape index (κ2) is 8.83. The van der Waals surface area contributed by atoms with Crippen molar-refractivity contribution in [2.45, 2.75) is 0 Å². The van der Waals surface area contributed by atoms with E-state index in [-0.39, 0.29) is 11.2 Å². The number of para-hydroxylation sites is 2. The highest BCUT2D eigenvalue weighted by atomic mass is 35.5. The van der Waals surface area contributed by atoms with Gasteiger partial charge in [-0.3, -0.25) is 14.9 Å². The molecule has 4 N–H and O–H groups in total. The lowest BCUT2D eigenvalue weighted by Gasteiger charge is -2.14. The van der Waals surface area contributed by atoms with E-state index in [4.69, 9.17) is 11.6 Å². The van der Waals surface area contributed by atoms with Crippen molar-refractivity contribution in [2.24, 2.45) is 0 Å². The summed E-state index contributed by atoms with van der Waals surface area (Å²) in [4.78, 5) is 38.1. The molecule has 10 nitrogen and oxygen atoms in total. The molecule has 34 heavy (non-hydrogen) atoms. The first kappa shape index (κ1) is 21.4. The van der Waals surface area contributed by atoms with Crippen LogP contribution in [0.5, 0.6) is 0 Å². The molecule has 0 bridgehead atoms. The van der Waals surface area contributed by atoms with Gasteiger partial charge in [-0.25, -0.2) is 9.97 Å². The van der Waals surface area contributed by atoms with E-state index in [0.29, 0.717) is 46.5 Å². The van der Waals surface area contributed by atoms with Crippen molar-refractivity contribution in [2.75, 3.05) is 23.7 Å². The minimum Gasteiger partial charge on any atom is -0.382 e. The Morgan fingerprint density at radius 2 is 1.82 bits per heavy atom. The number of aromatic nitrogens is 4. The first-order valence-corrected chi connectivity index (χ1v) is 10.8. The fourth-order valence-corrected chi connectivity index (χ4v) is 3.89. The van der Waals surface area contributed by atoms with E-state index in [0.717, 1.165) is 16.4 Å². The molecule has 0 spiro atoms. The number of nitrogens with zero attached hydrogens (tertiary/aromatic N) is 3. The zero-order valence-electron chi connectivity index (χ0n) is 17.6. The average Bonchev–Trinajstić information content (AvgIpc) is 3.26. The Morgan fingerprint density at radius 1 is 1.00 bits per heavy atom. The van der Waals surface area contributed by atoms with Crippen molar-refractivity contribution < 1.29 is 4.92 Å². The maximum absolute atomic E-state index is 13.1. The van der Waals surface area contributed by atoms with Gasteiger partial charge in [0.05, 0.1) is 27.2 Å². The number of halogens is 1. The minimum absolute atomic E-state index is 0.0778. The molecule has 0 radical (unpaired) electrons. The normalized spacial score (nSPS) is 11.1. The van der Waals surface area contributed by atoms with Gasteiger partial charge in [0.25, 0.3) is 11.2 Å². The van der Waals surface area contributed by atoms with Crippen LogP contribution in [0.2, 0.25) is 5.02 Å². The molecule has 0 fully saturated rings. The van der Waals surface area contributed by atoms with Crippen LogP contribution in [-0.2, 0) is 0 Å². The van der Waals surface area contributed by atoms with Gasteiger partial charge in [-0.2, -0.15) is 0 Å². The molecular weight excluding hydrogens is 458 g/mol. The maximum atomic E-state index is 13.1. The lowest BCUT2D eigenvalue weighted by Crippen LogP contribution is -2.19. The number of aromatic amines is 2. The summed E-state index contributed by atoms with van der Waals surface area (Å²) in [6, 6.07) is 15.7. The summed E-state index contributed by atoms with van der Waals surface area (Å²) in [5.74, 6) is 0.945. The molecule has 170 valence electrons. The number of benzene rings is 2. The third-order valence-electron chi connectivity index (χ3n) is 5.29. The van der Waals surface area contributed by atoms with Gasteiger partial charge < -0.3 is 20.6 Å². The average molecular weight is 476 g/mol. The number of fused-ring (bicyclic) bond motifs is 2. The van der Waals surface area contributed by atoms with Crippen LogP contribution in [0.3, 0.4) is 0 Å². The first-order chi connectivity index (χ1) is 16.5. The summed E-state index contributed by atoms with van der Waals surface area (Å²) in [5.41, 5.74) is 2.81. The summed E-state index contributed by atoms with van der Waals surface area (Å²) in [5, 5.41) is 18.5. The third kappa shape index (κ3) is 4.14. The largest absolute Gasteiger partial charge is 0.382 e. The minimum atomic E-state index is -0.499. The van der Waals surface area contributed by atoms with Crippen molar-refractivity contribution in [3.8, 4) is 11.4 Å². The van der Waals surface area contributed by atoms with E-state index < -0.39 is 4.92 Å². The van der Waals surface area contributed by atoms with Gasteiger partial charge in [0.15, 0.2) is 0 Å². The Balaban J connectivity index is 1.47. The third-order valence-corrected chi connectivity index (χ3v) is 5.53. The number of rotatable bonds is 7. The highest BCUT2D eigenvalue weighted by Crippen LogP contribution is 2.32. The Morgan fingerprint density at radius 3 is 2.59 bits per heavy atom. The molecule has 0 aliphatic rings. The molecular formula is C23H18ClN7O3. The van der Waals surface area contributed by atoms with Crippen molar-refractivity contribution in [3.05, 3.63) is 86.3 Å². The van der Waals surface area contributed by atoms with Crippen LogP contribution in [0.25, 0.3) is 33.3 Å². The van der Waals surface area contributed by atoms with Crippen LogP contribution >= 0.6 is 11.6 Å². The molecule has 3 aromatic heterocycles. The molecule has 3 heterocycles. The molecule has 0 saturated heterocycles. The topological polar surface area (TPSA) is 142 Å². The van der Waals surface area contributed by atoms with Gasteiger partial charge >= 0.3 is 0 Å². The van der Waals surface area contributed by atoms with Gasteiger partial charge in [-0.05, 0) is 36.4 Å². The Bertz CT molecular complexity index is 1540. The summed E-state index contributed by atoms with van der Waals surface area (Å²) in [6.45, 7) is 0.871. The van der Waals surface area contributed by atoms with Gasteiger partial charge in [0.2, 0.25) is 0 Å². The van der Waals surface area contributed by atoms with Gasteiger partial charge in [0.1, 0.15) is 23.4 Å². The van der Waals surface area contributed by atoms with Crippen LogP contribution < -0.4 is 16.2 Å². The molecule has 0 atom stereocenters. The Kier molecular flexibility index (Phi) is 5.56. The van der Waals surface area contributed by atoms with Gasteiger partial charge in [-0.15, -0.1) is 0 Å². The number of nitrogens with one attached hydrogen (secondary N) is 4. The zero-order valence-corrected chi connectivity index (χ0v) is 18.4. The Labute approximate surface area is 197 Å². The summed E-state index contributed by atoms with van der Waals surface area (Å²) < 4.78 is 0. The summed E-state index contributed by atoms with van der Waals surface area (Å²) in [6.07, 6.45) is 1.20. The predicted molar refractivity (Wildman–Crippen MR) is 133 cm³/mol. The zero-order chi connectivity index (χ0) is 23.7. The monoisotopic (exact) mass is 475 g/mol. The fourth-order valence-electron chi connectivity index (χ4n) is 3.72. The van der Waals surface area contributed by atoms with E-state index in [1.807, 2.05) is 24.3 Å². The standard InChI is InChI=1S/C23H18ClN7O3/c24-13-5-7-16-15(11-13)21(26-10-9-25-19-8-6-14(12-27-19)31(33)34)20(23(32)30-16)22-28-17-3-1-2-4-18(17)29-22/h1-8,11-12H,9-10H2,(H,25,27)(H,28,29)(H2,26,30,32). The van der Waals surface area contributed by atoms with Crippen LogP contribution in [0.1, 0.15) is 0 Å². The van der Waals surface area contributed by atoms with Crippen molar-refractivity contribution in [3.63, 3.8) is 0 Å². The number of imidazole rings is 1. The molecule has 11 heteroatoms. The van der Waals surface area contributed by atoms with Crippen molar-refractivity contribution >= 4 is 50.7 Å². The highest BCUT2D eigenvalue weighted by molar-refractivity contribution is 6.31. The molecule has 0 unspecified atom stereocenters. The molecule has 0 aliphatic heterocycles. The number of hydrogen-bond donors (Lipinski definition) is 4. The number of nitro groups is 1. The summed E-state index contributed by atoms with van der Waals surface area (Å²) in [7, 11) is 0. The highest BCUT2D eigenvalue weighted by Gasteiger charge is 2.18. The van der Waals surface area contributed by atoms with Crippen LogP contribution in [0.4, 0.5) is 17.2 Å². The second-order valence-electron chi connectivity index (χ2n) is 7.51. The predicted octanol–water partition coefficient (Wildman–Crippen LogP) is 4.55. The van der Waals surface area contributed by atoms with Crippen LogP contribution in [0, 0.1) is 10.1 Å². The molecule has 5 aromatic rings. The SMILES string of the molecule is O=c1[nH]c2ccc(Cl)cc2c(NCCNc2ccc([N+](=O)[O-])cn2)c1-c1nc2ccccc2[nH]1. The quantitative estimate of drug-likeness (QED) is 0.154. The molecule has 0 aliphatic carbocycles. The fraction of sp³-hybridized carbons (Fsp3) is 0.0870. The lowest BCUT2D eigenvalue weighted by molar-refractivity contribution is -0.385. The lowest BCUT2D eigenvalue weighted by atomic mass is 10.1. The van der Waals surface area contributed by atoms with Crippen LogP contribution in [0.15, 0.2) is 65.6 Å². The Hall–Kier alpha value is -4.44. The number of pyridine rings is 2. The molecule has 0 saturated carbocycles. The first-order valence-electron chi connectivity index (χ1n) is 10.4. The molecule has 2 aromatic carbocycles. The van der Waals surface area contributed by atoms with E-state index in [1.54, 1.807) is 24.3 Å². The molecule has 0 amide bonds. The van der Waals surface area contributed by atoms with E-state index >= 15 is 0 Å². The number of H-pyrrole nitrogens is 2. The van der Waals surface area contributed by atoms with E-state index in [2.05, 4.69) is 30.6 Å². The van der Waals surface area contributed by atoms with Crippen molar-refractivity contribution in [1.29, 1.82) is 0 Å². The maximum Gasteiger partial charge on any atom is 0.287 e. The second-order valence-corrected chi connectivity index (χ2v) is 7.95. The van der Waals surface area contributed by atoms with Crippen molar-refractivity contribution in [1.82, 2.24) is 19.9 Å². The van der Waals surface area contributed by atoms with Crippen LogP contribution in [-0.4, -0.2) is 37.9 Å². The van der Waals surface area contributed by atoms with Gasteiger partial charge in [-0.1, -0.05) is 23.7 Å².